The summed E-state index contributed by atoms with van der Waals surface area (Å²) in [7, 11) is 0. The van der Waals surface area contributed by atoms with Crippen molar-refractivity contribution in [3.05, 3.63) is 70.6 Å². The molecule has 0 saturated carbocycles. The maximum Gasteiger partial charge on any atom is 0.277 e. The van der Waals surface area contributed by atoms with Gasteiger partial charge < -0.3 is 14.5 Å². The van der Waals surface area contributed by atoms with Crippen molar-refractivity contribution in [1.29, 1.82) is 0 Å². The maximum absolute atomic E-state index is 12.0. The number of nitrogens with zero attached hydrogens (tertiary/aromatic N) is 2. The first-order chi connectivity index (χ1) is 13.1. The predicted molar refractivity (Wildman–Crippen MR) is 104 cm³/mol. The van der Waals surface area contributed by atoms with Gasteiger partial charge in [-0.3, -0.25) is 4.79 Å². The van der Waals surface area contributed by atoms with Crippen molar-refractivity contribution in [2.45, 2.75) is 25.3 Å². The number of halogens is 1. The predicted octanol–water partition coefficient (Wildman–Crippen LogP) is 4.02. The molecule has 3 aromatic rings. The molecule has 0 saturated heterocycles. The van der Waals surface area contributed by atoms with Gasteiger partial charge in [0.05, 0.1) is 5.75 Å². The number of hydrogen-bond acceptors (Lipinski definition) is 6. The third-order valence-electron chi connectivity index (χ3n) is 3.69. The zero-order chi connectivity index (χ0) is 19.1. The number of carbonyl (C=O) groups is 1. The number of carbonyl (C=O) groups excluding carboxylic acids is 1. The Kier molecular flexibility index (Phi) is 6.73. The van der Waals surface area contributed by atoms with Gasteiger partial charge in [-0.1, -0.05) is 47.6 Å². The highest BCUT2D eigenvalue weighted by Crippen LogP contribution is 2.19. The Hall–Kier alpha value is -2.51. The molecule has 0 fully saturated rings. The highest BCUT2D eigenvalue weighted by atomic mass is 35.5. The van der Waals surface area contributed by atoms with Crippen LogP contribution in [0.5, 0.6) is 5.75 Å². The number of benzene rings is 2. The normalized spacial score (nSPS) is 10.6. The number of thioether (sulfide) groups is 1. The highest BCUT2D eigenvalue weighted by molar-refractivity contribution is 7.99. The van der Waals surface area contributed by atoms with Crippen LogP contribution in [-0.4, -0.2) is 21.9 Å². The van der Waals surface area contributed by atoms with Crippen LogP contribution in [0.2, 0.25) is 5.02 Å². The minimum absolute atomic E-state index is 0.0968. The van der Waals surface area contributed by atoms with E-state index in [2.05, 4.69) is 15.5 Å². The molecule has 0 aliphatic heterocycles. The van der Waals surface area contributed by atoms with Crippen LogP contribution in [-0.2, 0) is 17.9 Å². The summed E-state index contributed by atoms with van der Waals surface area (Å²) in [6, 6.07) is 14.9. The lowest BCUT2D eigenvalue weighted by molar-refractivity contribution is -0.118. The minimum Gasteiger partial charge on any atom is -0.484 e. The maximum atomic E-state index is 12.0. The average Bonchev–Trinajstić information content (AvgIpc) is 3.13. The molecule has 3 rings (SSSR count). The quantitative estimate of drug-likeness (QED) is 0.572. The second-order valence-electron chi connectivity index (χ2n) is 5.70. The third kappa shape index (κ3) is 6.01. The van der Waals surface area contributed by atoms with E-state index >= 15 is 0 Å². The summed E-state index contributed by atoms with van der Waals surface area (Å²) in [6.45, 7) is 2.66. The Morgan fingerprint density at radius 3 is 2.74 bits per heavy atom. The number of rotatable bonds is 8. The van der Waals surface area contributed by atoms with Crippen molar-refractivity contribution in [2.75, 3.05) is 5.75 Å². The summed E-state index contributed by atoms with van der Waals surface area (Å²) in [4.78, 5) is 12.0. The molecule has 0 spiro atoms. The minimum atomic E-state index is -0.0968. The van der Waals surface area contributed by atoms with E-state index in [9.17, 15) is 4.79 Å². The second-order valence-corrected chi connectivity index (χ2v) is 7.06. The molecular weight excluding hydrogens is 386 g/mol. The van der Waals surface area contributed by atoms with Gasteiger partial charge in [0.15, 0.2) is 6.61 Å². The Morgan fingerprint density at radius 2 is 1.96 bits per heavy atom. The van der Waals surface area contributed by atoms with Crippen molar-refractivity contribution in [2.24, 2.45) is 0 Å². The van der Waals surface area contributed by atoms with E-state index in [-0.39, 0.29) is 18.3 Å². The summed E-state index contributed by atoms with van der Waals surface area (Å²) in [5.74, 6) is 1.10. The fourth-order valence-corrected chi connectivity index (χ4v) is 2.95. The molecule has 0 atom stereocenters. The topological polar surface area (TPSA) is 77.2 Å². The van der Waals surface area contributed by atoms with Gasteiger partial charge in [0.2, 0.25) is 5.91 Å². The Balaban J connectivity index is 1.41. The summed E-state index contributed by atoms with van der Waals surface area (Å²) >= 11 is 7.01. The molecular formula is C19H18ClN3O3S. The summed E-state index contributed by atoms with van der Waals surface area (Å²) in [5, 5.41) is 11.7. The molecule has 140 valence electrons. The van der Waals surface area contributed by atoms with Crippen molar-refractivity contribution in [3.63, 3.8) is 0 Å². The van der Waals surface area contributed by atoms with Crippen LogP contribution in [0.1, 0.15) is 17.0 Å². The molecule has 8 heteroatoms. The first-order valence-electron chi connectivity index (χ1n) is 8.25. The number of ether oxygens (including phenoxy) is 1. The lowest BCUT2D eigenvalue weighted by atomic mass is 10.1. The molecule has 0 unspecified atom stereocenters. The molecule has 0 aliphatic rings. The van der Waals surface area contributed by atoms with E-state index in [1.807, 2.05) is 31.2 Å². The first kappa shape index (κ1) is 19.3. The monoisotopic (exact) mass is 403 g/mol. The summed E-state index contributed by atoms with van der Waals surface area (Å²) in [5.41, 5.74) is 2.24. The van der Waals surface area contributed by atoms with Crippen molar-refractivity contribution < 1.29 is 13.9 Å². The molecule has 0 bridgehead atoms. The van der Waals surface area contributed by atoms with Crippen LogP contribution >= 0.6 is 23.4 Å². The van der Waals surface area contributed by atoms with Gasteiger partial charge in [-0.2, -0.15) is 0 Å². The van der Waals surface area contributed by atoms with Crippen LogP contribution in [0.25, 0.3) is 0 Å². The van der Waals surface area contributed by atoms with Crippen LogP contribution in [0.15, 0.2) is 58.2 Å². The lowest BCUT2D eigenvalue weighted by Gasteiger charge is -2.06. The Morgan fingerprint density at radius 1 is 1.19 bits per heavy atom. The van der Waals surface area contributed by atoms with Gasteiger partial charge in [-0.15, -0.1) is 10.2 Å². The van der Waals surface area contributed by atoms with Gasteiger partial charge in [0.25, 0.3) is 11.1 Å². The summed E-state index contributed by atoms with van der Waals surface area (Å²) in [6.07, 6.45) is 0. The molecule has 0 radical (unpaired) electrons. The number of aryl methyl sites for hydroxylation is 1. The first-order valence-corrected chi connectivity index (χ1v) is 9.61. The molecule has 1 amide bonds. The smallest absolute Gasteiger partial charge is 0.277 e. The number of nitrogens with one attached hydrogen (secondary N) is 1. The summed E-state index contributed by atoms with van der Waals surface area (Å²) < 4.78 is 11.0. The van der Waals surface area contributed by atoms with Crippen molar-refractivity contribution in [1.82, 2.24) is 15.5 Å². The molecule has 2 aromatic carbocycles. The average molecular weight is 404 g/mol. The van der Waals surface area contributed by atoms with E-state index in [1.165, 1.54) is 11.8 Å². The fourth-order valence-electron chi connectivity index (χ4n) is 2.21. The number of amides is 1. The molecule has 1 aromatic heterocycles. The van der Waals surface area contributed by atoms with E-state index in [4.69, 9.17) is 20.8 Å². The van der Waals surface area contributed by atoms with Crippen LogP contribution in [0.4, 0.5) is 0 Å². The zero-order valence-electron chi connectivity index (χ0n) is 14.6. The Bertz CT molecular complexity index is 899. The van der Waals surface area contributed by atoms with Crippen LogP contribution in [0, 0.1) is 6.92 Å². The highest BCUT2D eigenvalue weighted by Gasteiger charge is 2.10. The number of aromatic nitrogens is 2. The molecule has 1 heterocycles. The third-order valence-corrected chi connectivity index (χ3v) is 4.76. The fraction of sp³-hybridized carbons (Fsp3) is 0.211. The van der Waals surface area contributed by atoms with Crippen LogP contribution < -0.4 is 10.1 Å². The molecule has 6 nitrogen and oxygen atoms in total. The van der Waals surface area contributed by atoms with Gasteiger partial charge >= 0.3 is 0 Å². The standard InChI is InChI=1S/C19H18ClN3O3S/c1-13-4-2-3-5-14(13)10-21-17(24)12-27-19-23-22-18(26-19)11-25-16-8-6-15(20)7-9-16/h2-9H,10-12H2,1H3,(H,21,24). The van der Waals surface area contributed by atoms with Gasteiger partial charge in [-0.05, 0) is 42.3 Å². The van der Waals surface area contributed by atoms with Gasteiger partial charge in [-0.25, -0.2) is 0 Å². The van der Waals surface area contributed by atoms with E-state index < -0.39 is 0 Å². The van der Waals surface area contributed by atoms with Gasteiger partial charge in [0, 0.05) is 11.6 Å². The van der Waals surface area contributed by atoms with E-state index in [0.29, 0.717) is 28.4 Å². The van der Waals surface area contributed by atoms with Crippen molar-refractivity contribution >= 4 is 29.3 Å². The van der Waals surface area contributed by atoms with Crippen LogP contribution in [0.3, 0.4) is 0 Å². The zero-order valence-corrected chi connectivity index (χ0v) is 16.2. The lowest BCUT2D eigenvalue weighted by Crippen LogP contribution is -2.24. The van der Waals surface area contributed by atoms with E-state index in [0.717, 1.165) is 11.1 Å². The molecule has 1 N–H and O–H groups in total. The molecule has 0 aliphatic carbocycles. The van der Waals surface area contributed by atoms with Crippen molar-refractivity contribution in [3.8, 4) is 5.75 Å². The van der Waals surface area contributed by atoms with Gasteiger partial charge in [0.1, 0.15) is 5.75 Å². The second kappa shape index (κ2) is 9.43. The largest absolute Gasteiger partial charge is 0.484 e. The molecule has 27 heavy (non-hydrogen) atoms. The number of hydrogen-bond donors (Lipinski definition) is 1. The Labute approximate surface area is 166 Å². The van der Waals surface area contributed by atoms with E-state index in [1.54, 1.807) is 24.3 Å². The SMILES string of the molecule is Cc1ccccc1CNC(=O)CSc1nnc(COc2ccc(Cl)cc2)o1.